The minimum absolute atomic E-state index is 0.104. The third-order valence-electron chi connectivity index (χ3n) is 4.81. The SMILES string of the molecule is Cc1cc2cc(NC(=O)C3CCCCC3)ccc2n1C(=O)OC(C)(C)C. The van der Waals surface area contributed by atoms with Gasteiger partial charge in [-0.25, -0.2) is 9.36 Å². The Labute approximate surface area is 154 Å². The molecule has 1 aromatic heterocycles. The van der Waals surface area contributed by atoms with Crippen molar-refractivity contribution < 1.29 is 14.3 Å². The first kappa shape index (κ1) is 18.5. The summed E-state index contributed by atoms with van der Waals surface area (Å²) in [6.45, 7) is 7.44. The Balaban J connectivity index is 1.81. The van der Waals surface area contributed by atoms with E-state index in [9.17, 15) is 9.59 Å². The molecular formula is C21H28N2O3. The Bertz CT molecular complexity index is 824. The van der Waals surface area contributed by atoms with E-state index >= 15 is 0 Å². The lowest BCUT2D eigenvalue weighted by Crippen LogP contribution is -2.27. The zero-order valence-electron chi connectivity index (χ0n) is 16.1. The quantitative estimate of drug-likeness (QED) is 0.799. The van der Waals surface area contributed by atoms with Gasteiger partial charge in [0.05, 0.1) is 5.52 Å². The molecule has 3 rings (SSSR count). The molecule has 0 saturated heterocycles. The maximum absolute atomic E-state index is 12.5. The van der Waals surface area contributed by atoms with Crippen molar-refractivity contribution in [1.82, 2.24) is 4.57 Å². The first-order valence-electron chi connectivity index (χ1n) is 9.41. The molecule has 1 aliphatic carbocycles. The number of aromatic nitrogens is 1. The second kappa shape index (κ2) is 7.14. The number of amides is 1. The van der Waals surface area contributed by atoms with E-state index in [4.69, 9.17) is 4.74 Å². The zero-order chi connectivity index (χ0) is 18.9. The third kappa shape index (κ3) is 4.09. The largest absolute Gasteiger partial charge is 0.443 e. The number of carbonyl (C=O) groups excluding carboxylic acids is 2. The van der Waals surface area contributed by atoms with Gasteiger partial charge in [-0.05, 0) is 64.8 Å². The molecule has 1 fully saturated rings. The van der Waals surface area contributed by atoms with E-state index < -0.39 is 5.60 Å². The predicted octanol–water partition coefficient (Wildman–Crippen LogP) is 5.25. The Kier molecular flexibility index (Phi) is 5.08. The van der Waals surface area contributed by atoms with Gasteiger partial charge in [0.25, 0.3) is 0 Å². The summed E-state index contributed by atoms with van der Waals surface area (Å²) in [5.74, 6) is 0.222. The Hall–Kier alpha value is -2.30. The molecule has 0 atom stereocenters. The fourth-order valence-electron chi connectivity index (χ4n) is 3.59. The summed E-state index contributed by atoms with van der Waals surface area (Å²) in [6, 6.07) is 7.57. The average molecular weight is 356 g/mol. The van der Waals surface area contributed by atoms with Gasteiger partial charge in [0.15, 0.2) is 0 Å². The number of carbonyl (C=O) groups is 2. The van der Waals surface area contributed by atoms with Gasteiger partial charge in [-0.1, -0.05) is 19.3 Å². The molecule has 0 spiro atoms. The molecule has 0 radical (unpaired) electrons. The van der Waals surface area contributed by atoms with E-state index in [1.54, 1.807) is 4.57 Å². The summed E-state index contributed by atoms with van der Waals surface area (Å²) in [5, 5.41) is 3.95. The fraction of sp³-hybridized carbons (Fsp3) is 0.524. The van der Waals surface area contributed by atoms with Crippen molar-refractivity contribution >= 4 is 28.6 Å². The normalized spacial score (nSPS) is 15.8. The summed E-state index contributed by atoms with van der Waals surface area (Å²) in [4.78, 5) is 24.9. The first-order chi connectivity index (χ1) is 12.2. The van der Waals surface area contributed by atoms with Crippen LogP contribution >= 0.6 is 0 Å². The molecule has 5 nitrogen and oxygen atoms in total. The van der Waals surface area contributed by atoms with Gasteiger partial charge in [0.2, 0.25) is 5.91 Å². The maximum Gasteiger partial charge on any atom is 0.419 e. The number of anilines is 1. The standard InChI is InChI=1S/C21H28N2O3/c1-14-12-16-13-17(22-19(24)15-8-6-5-7-9-15)10-11-18(16)23(14)20(25)26-21(2,3)4/h10-13,15H,5-9H2,1-4H3,(H,22,24). The van der Waals surface area contributed by atoms with Crippen molar-refractivity contribution in [3.8, 4) is 0 Å². The van der Waals surface area contributed by atoms with Crippen molar-refractivity contribution in [2.24, 2.45) is 5.92 Å². The van der Waals surface area contributed by atoms with E-state index in [0.29, 0.717) is 0 Å². The van der Waals surface area contributed by atoms with Gasteiger partial charge in [-0.15, -0.1) is 0 Å². The lowest BCUT2D eigenvalue weighted by Gasteiger charge is -2.21. The van der Waals surface area contributed by atoms with Crippen LogP contribution in [0, 0.1) is 12.8 Å². The molecular weight excluding hydrogens is 328 g/mol. The van der Waals surface area contributed by atoms with Gasteiger partial charge in [0, 0.05) is 22.7 Å². The predicted molar refractivity (Wildman–Crippen MR) is 104 cm³/mol. The van der Waals surface area contributed by atoms with Crippen LogP contribution in [0.25, 0.3) is 10.9 Å². The van der Waals surface area contributed by atoms with Crippen LogP contribution in [0.4, 0.5) is 10.5 Å². The number of nitrogens with zero attached hydrogens (tertiary/aromatic N) is 1. The van der Waals surface area contributed by atoms with E-state index in [0.717, 1.165) is 48.0 Å². The molecule has 1 N–H and O–H groups in total. The lowest BCUT2D eigenvalue weighted by atomic mass is 9.88. The smallest absolute Gasteiger partial charge is 0.419 e. The molecule has 1 amide bonds. The number of hydrogen-bond donors (Lipinski definition) is 1. The molecule has 1 aromatic carbocycles. The Morgan fingerprint density at radius 3 is 2.46 bits per heavy atom. The van der Waals surface area contributed by atoms with Gasteiger partial charge in [-0.2, -0.15) is 0 Å². The van der Waals surface area contributed by atoms with Crippen LogP contribution in [0.3, 0.4) is 0 Å². The highest BCUT2D eigenvalue weighted by Gasteiger charge is 2.23. The number of fused-ring (bicyclic) bond motifs is 1. The molecule has 5 heteroatoms. The summed E-state index contributed by atoms with van der Waals surface area (Å²) >= 11 is 0. The molecule has 26 heavy (non-hydrogen) atoms. The van der Waals surface area contributed by atoms with Crippen molar-refractivity contribution in [2.45, 2.75) is 65.4 Å². The lowest BCUT2D eigenvalue weighted by molar-refractivity contribution is -0.120. The monoisotopic (exact) mass is 356 g/mol. The van der Waals surface area contributed by atoms with Crippen LogP contribution in [0.5, 0.6) is 0 Å². The molecule has 2 aromatic rings. The van der Waals surface area contributed by atoms with Gasteiger partial charge in [-0.3, -0.25) is 4.79 Å². The van der Waals surface area contributed by atoms with Crippen molar-refractivity contribution in [1.29, 1.82) is 0 Å². The van der Waals surface area contributed by atoms with Crippen LogP contribution in [0.15, 0.2) is 24.3 Å². The topological polar surface area (TPSA) is 60.3 Å². The number of ether oxygens (including phenoxy) is 1. The van der Waals surface area contributed by atoms with Crippen molar-refractivity contribution in [2.75, 3.05) is 5.32 Å². The number of hydrogen-bond acceptors (Lipinski definition) is 3. The van der Waals surface area contributed by atoms with Crippen molar-refractivity contribution in [3.05, 3.63) is 30.0 Å². The van der Waals surface area contributed by atoms with Crippen LogP contribution in [-0.4, -0.2) is 22.2 Å². The second-order valence-corrected chi connectivity index (χ2v) is 8.20. The average Bonchev–Trinajstić information content (AvgIpc) is 2.89. The maximum atomic E-state index is 12.5. The van der Waals surface area contributed by atoms with Crippen LogP contribution in [-0.2, 0) is 9.53 Å². The number of benzene rings is 1. The molecule has 1 heterocycles. The molecule has 1 saturated carbocycles. The highest BCUT2D eigenvalue weighted by molar-refractivity contribution is 5.97. The van der Waals surface area contributed by atoms with Gasteiger partial charge < -0.3 is 10.1 Å². The molecule has 0 bridgehead atoms. The fourth-order valence-corrected chi connectivity index (χ4v) is 3.59. The van der Waals surface area contributed by atoms with E-state index in [-0.39, 0.29) is 17.9 Å². The second-order valence-electron chi connectivity index (χ2n) is 8.20. The van der Waals surface area contributed by atoms with Crippen molar-refractivity contribution in [3.63, 3.8) is 0 Å². The minimum atomic E-state index is -0.548. The highest BCUT2D eigenvalue weighted by atomic mass is 16.6. The Morgan fingerprint density at radius 2 is 1.81 bits per heavy atom. The van der Waals surface area contributed by atoms with Crippen LogP contribution in [0.2, 0.25) is 0 Å². The number of rotatable bonds is 2. The summed E-state index contributed by atoms with van der Waals surface area (Å²) in [6.07, 6.45) is 5.06. The number of nitrogens with one attached hydrogen (secondary N) is 1. The third-order valence-corrected chi connectivity index (χ3v) is 4.81. The summed E-state index contributed by atoms with van der Waals surface area (Å²) in [7, 11) is 0. The number of aryl methyl sites for hydroxylation is 1. The van der Waals surface area contributed by atoms with E-state index in [1.165, 1.54) is 6.42 Å². The van der Waals surface area contributed by atoms with Gasteiger partial charge >= 0.3 is 6.09 Å². The Morgan fingerprint density at radius 1 is 1.12 bits per heavy atom. The van der Waals surface area contributed by atoms with E-state index in [1.807, 2.05) is 52.0 Å². The zero-order valence-corrected chi connectivity index (χ0v) is 16.1. The van der Waals surface area contributed by atoms with Gasteiger partial charge in [0.1, 0.15) is 5.60 Å². The van der Waals surface area contributed by atoms with Crippen LogP contribution < -0.4 is 5.32 Å². The van der Waals surface area contributed by atoms with Crippen LogP contribution in [0.1, 0.15) is 58.6 Å². The molecule has 140 valence electrons. The molecule has 1 aliphatic rings. The molecule has 0 aliphatic heterocycles. The van der Waals surface area contributed by atoms with E-state index in [2.05, 4.69) is 5.32 Å². The highest BCUT2D eigenvalue weighted by Crippen LogP contribution is 2.27. The summed E-state index contributed by atoms with van der Waals surface area (Å²) < 4.78 is 7.08. The minimum Gasteiger partial charge on any atom is -0.443 e. The molecule has 0 unspecified atom stereocenters. The summed E-state index contributed by atoms with van der Waals surface area (Å²) in [5.41, 5.74) is 1.82. The first-order valence-corrected chi connectivity index (χ1v) is 9.41.